The third-order valence-corrected chi connectivity index (χ3v) is 6.51. The van der Waals surface area contributed by atoms with Crippen LogP contribution in [0.1, 0.15) is 11.8 Å². The molecule has 30 heavy (non-hydrogen) atoms. The molecule has 0 saturated carbocycles. The maximum absolute atomic E-state index is 13.0. The summed E-state index contributed by atoms with van der Waals surface area (Å²) in [6, 6.07) is 3.48. The van der Waals surface area contributed by atoms with Crippen LogP contribution in [-0.4, -0.2) is 63.3 Å². The van der Waals surface area contributed by atoms with Crippen molar-refractivity contribution in [3.63, 3.8) is 0 Å². The number of carboxylic acid groups (broad SMARTS) is 1. The summed E-state index contributed by atoms with van der Waals surface area (Å²) < 4.78 is 9.86. The van der Waals surface area contributed by atoms with E-state index in [1.807, 2.05) is 0 Å². The van der Waals surface area contributed by atoms with E-state index in [2.05, 4.69) is 5.32 Å². The number of amides is 3. The number of fused-ring (bicyclic) bond motifs is 1. The lowest BCUT2D eigenvalue weighted by Gasteiger charge is -2.55. The van der Waals surface area contributed by atoms with Gasteiger partial charge in [0, 0.05) is 23.1 Å². The van der Waals surface area contributed by atoms with Gasteiger partial charge in [0.15, 0.2) is 5.37 Å². The first-order chi connectivity index (χ1) is 14.2. The van der Waals surface area contributed by atoms with E-state index in [1.165, 1.54) is 18.3 Å². The first-order valence-electron chi connectivity index (χ1n) is 8.51. The molecule has 2 aliphatic heterocycles. The van der Waals surface area contributed by atoms with E-state index in [4.69, 9.17) is 15.2 Å². The normalized spacial score (nSPS) is 22.6. The number of hydrogen-bond acceptors (Lipinski definition) is 9. The van der Waals surface area contributed by atoms with Gasteiger partial charge in [-0.2, -0.15) is 0 Å². The lowest BCUT2D eigenvalue weighted by molar-refractivity contribution is -0.185. The molecule has 0 aliphatic carbocycles. The molecule has 1 aromatic rings. The Labute approximate surface area is 178 Å². The van der Waals surface area contributed by atoms with Crippen LogP contribution in [-0.2, 0) is 35.1 Å². The molecule has 3 amide bonds. The van der Waals surface area contributed by atoms with Crippen LogP contribution >= 0.6 is 23.1 Å². The first kappa shape index (κ1) is 21.6. The minimum Gasteiger partial charge on any atom is -0.477 e. The minimum atomic E-state index is -2.13. The Bertz CT molecular complexity index is 945. The quantitative estimate of drug-likeness (QED) is 0.292. The summed E-state index contributed by atoms with van der Waals surface area (Å²) in [5.74, 6) is -3.53. The first-order valence-corrected chi connectivity index (χ1v) is 10.4. The summed E-state index contributed by atoms with van der Waals surface area (Å²) in [7, 11) is 0. The van der Waals surface area contributed by atoms with Gasteiger partial charge in [-0.15, -0.1) is 23.1 Å². The van der Waals surface area contributed by atoms with Crippen LogP contribution in [0.4, 0.5) is 4.79 Å². The van der Waals surface area contributed by atoms with Gasteiger partial charge >= 0.3 is 18.0 Å². The van der Waals surface area contributed by atoms with Crippen LogP contribution in [0.3, 0.4) is 0 Å². The fourth-order valence-electron chi connectivity index (χ4n) is 3.10. The highest BCUT2D eigenvalue weighted by atomic mass is 32.2. The van der Waals surface area contributed by atoms with Crippen molar-refractivity contribution in [1.82, 2.24) is 10.2 Å². The number of aliphatic carboxylic acids is 1. The lowest BCUT2D eigenvalue weighted by atomic mass is 9.98. The number of β-lactam (4-membered cyclic amide) rings is 1. The van der Waals surface area contributed by atoms with E-state index in [-0.39, 0.29) is 30.1 Å². The van der Waals surface area contributed by atoms with E-state index in [0.29, 0.717) is 0 Å². The number of esters is 1. The number of rotatable bonds is 7. The maximum Gasteiger partial charge on any atom is 0.407 e. The van der Waals surface area contributed by atoms with Gasteiger partial charge in [0.2, 0.25) is 5.91 Å². The van der Waals surface area contributed by atoms with Gasteiger partial charge in [0.1, 0.15) is 12.3 Å². The highest BCUT2D eigenvalue weighted by Gasteiger charge is 2.68. The number of carboxylic acids is 1. The highest BCUT2D eigenvalue weighted by molar-refractivity contribution is 8.00. The van der Waals surface area contributed by atoms with Gasteiger partial charge in [-0.25, -0.2) is 9.59 Å². The molecule has 1 saturated heterocycles. The summed E-state index contributed by atoms with van der Waals surface area (Å²) in [4.78, 5) is 61.4. The van der Waals surface area contributed by atoms with Gasteiger partial charge < -0.3 is 25.6 Å². The molecule has 11 nitrogen and oxygen atoms in total. The molecule has 2 atom stereocenters. The van der Waals surface area contributed by atoms with Crippen LogP contribution < -0.4 is 11.1 Å². The largest absolute Gasteiger partial charge is 0.477 e. The molecule has 1 unspecified atom stereocenters. The predicted molar refractivity (Wildman–Crippen MR) is 104 cm³/mol. The number of thiophene rings is 1. The maximum atomic E-state index is 13.0. The second-order valence-corrected chi connectivity index (χ2v) is 8.44. The Morgan fingerprint density at radius 1 is 1.40 bits per heavy atom. The van der Waals surface area contributed by atoms with Gasteiger partial charge in [-0.05, 0) is 11.4 Å². The second-order valence-electron chi connectivity index (χ2n) is 6.34. The number of nitrogens with zero attached hydrogens (tertiary/aromatic N) is 1. The van der Waals surface area contributed by atoms with Crippen molar-refractivity contribution in [1.29, 1.82) is 0 Å². The van der Waals surface area contributed by atoms with E-state index >= 15 is 0 Å². The molecule has 0 bridgehead atoms. The molecule has 0 spiro atoms. The van der Waals surface area contributed by atoms with Crippen molar-refractivity contribution in [3.8, 4) is 0 Å². The van der Waals surface area contributed by atoms with Crippen molar-refractivity contribution in [2.75, 3.05) is 12.4 Å². The molecule has 1 aromatic heterocycles. The smallest absolute Gasteiger partial charge is 0.407 e. The van der Waals surface area contributed by atoms with Crippen molar-refractivity contribution >= 4 is 52.9 Å². The summed E-state index contributed by atoms with van der Waals surface area (Å²) >= 11 is 2.38. The Morgan fingerprint density at radius 3 is 2.70 bits per heavy atom. The van der Waals surface area contributed by atoms with Gasteiger partial charge in [0.25, 0.3) is 11.6 Å². The molecule has 3 rings (SSSR count). The molecule has 4 N–H and O–H groups in total. The number of ether oxygens (including phenoxy) is 2. The highest BCUT2D eigenvalue weighted by Crippen LogP contribution is 2.47. The Balaban J connectivity index is 1.88. The fraction of sp³-hybridized carbons (Fsp3) is 0.353. The summed E-state index contributed by atoms with van der Waals surface area (Å²) in [6.45, 7) is 0.859. The van der Waals surface area contributed by atoms with Crippen LogP contribution in [0.15, 0.2) is 28.8 Å². The van der Waals surface area contributed by atoms with Crippen molar-refractivity contribution in [2.45, 2.75) is 24.4 Å². The lowest BCUT2D eigenvalue weighted by Crippen LogP contribution is -2.81. The molecule has 2 aliphatic rings. The monoisotopic (exact) mass is 455 g/mol. The average Bonchev–Trinajstić information content (AvgIpc) is 3.16. The summed E-state index contributed by atoms with van der Waals surface area (Å²) in [6.07, 6.45) is -1.36. The molecular formula is C17H17N3O8S2. The van der Waals surface area contributed by atoms with E-state index in [9.17, 15) is 29.1 Å². The number of carbonyl (C=O) groups excluding carboxylic acids is 4. The van der Waals surface area contributed by atoms with Crippen molar-refractivity contribution in [2.24, 2.45) is 5.73 Å². The number of carbonyl (C=O) groups is 5. The SMILES string of the molecule is CC(=O)OCC1=C(C(=O)O)N2C(=O)C(NC(=O)Cc3cccs3)(OC(N)=O)[C@H]2SC1. The van der Waals surface area contributed by atoms with Crippen LogP contribution in [0.5, 0.6) is 0 Å². The Kier molecular flexibility index (Phi) is 6.03. The molecular weight excluding hydrogens is 438 g/mol. The fourth-order valence-corrected chi connectivity index (χ4v) is 5.18. The van der Waals surface area contributed by atoms with E-state index < -0.39 is 40.9 Å². The summed E-state index contributed by atoms with van der Waals surface area (Å²) in [5, 5.41) is 12.7. The number of nitrogens with two attached hydrogens (primary N) is 1. The molecule has 160 valence electrons. The molecule has 0 radical (unpaired) electrons. The van der Waals surface area contributed by atoms with E-state index in [1.54, 1.807) is 17.5 Å². The zero-order valence-corrected chi connectivity index (χ0v) is 17.2. The Hall–Kier alpha value is -3.06. The van der Waals surface area contributed by atoms with Gasteiger partial charge in [-0.3, -0.25) is 19.3 Å². The standard InChI is InChI=1S/C17H17N3O8S2/c1-8(21)27-6-9-7-30-15-17(28-16(18)26,14(25)20(15)12(9)13(23)24)19-11(22)5-10-3-2-4-29-10/h2-4,15H,5-7H2,1H3,(H2,18,26)(H,19,22)(H,23,24)/t15-,17?/m1/s1. The van der Waals surface area contributed by atoms with Crippen molar-refractivity contribution in [3.05, 3.63) is 33.7 Å². The summed E-state index contributed by atoms with van der Waals surface area (Å²) in [5.41, 5.74) is 2.80. The van der Waals surface area contributed by atoms with E-state index in [0.717, 1.165) is 21.5 Å². The van der Waals surface area contributed by atoms with Gasteiger partial charge in [-0.1, -0.05) is 6.07 Å². The van der Waals surface area contributed by atoms with Gasteiger partial charge in [0.05, 0.1) is 6.42 Å². The number of hydrogen-bond donors (Lipinski definition) is 3. The topological polar surface area (TPSA) is 165 Å². The molecule has 13 heteroatoms. The number of primary amides is 1. The predicted octanol–water partition coefficient (Wildman–Crippen LogP) is 0.0153. The minimum absolute atomic E-state index is 0.0635. The van der Waals surface area contributed by atoms with Crippen molar-refractivity contribution < 1.29 is 38.6 Å². The zero-order chi connectivity index (χ0) is 22.1. The Morgan fingerprint density at radius 2 is 2.13 bits per heavy atom. The molecule has 0 aromatic carbocycles. The third-order valence-electron chi connectivity index (χ3n) is 4.26. The zero-order valence-electron chi connectivity index (χ0n) is 15.6. The average molecular weight is 455 g/mol. The second kappa shape index (κ2) is 8.36. The molecule has 1 fully saturated rings. The molecule has 3 heterocycles. The number of thioether (sulfide) groups is 1. The number of nitrogens with one attached hydrogen (secondary N) is 1. The van der Waals surface area contributed by atoms with Crippen LogP contribution in [0, 0.1) is 0 Å². The third kappa shape index (κ3) is 3.98. The van der Waals surface area contributed by atoms with Crippen LogP contribution in [0.2, 0.25) is 0 Å². The van der Waals surface area contributed by atoms with Crippen LogP contribution in [0.25, 0.3) is 0 Å².